The van der Waals surface area contributed by atoms with E-state index >= 15 is 0 Å². The van der Waals surface area contributed by atoms with E-state index in [1.807, 2.05) is 0 Å². The first-order valence-electron chi connectivity index (χ1n) is 3.87. The summed E-state index contributed by atoms with van der Waals surface area (Å²) in [6, 6.07) is 0. The van der Waals surface area contributed by atoms with Crippen LogP contribution in [0.3, 0.4) is 0 Å². The predicted molar refractivity (Wildman–Crippen MR) is 51.3 cm³/mol. The summed E-state index contributed by atoms with van der Waals surface area (Å²) in [7, 11) is -10.8. The molecule has 0 bridgehead atoms. The van der Waals surface area contributed by atoms with Crippen LogP contribution in [0.15, 0.2) is 18.7 Å². The SMILES string of the molecule is O=P(O)(O)C(O)(Cn1ccnc1)P(=O)(O)O.[Na+].[Na+].[Na+]. The number of nitrogens with zero attached hydrogens (tertiary/aromatic N) is 2. The fraction of sp³-hybridized carbons (Fsp3) is 0.400. The number of aromatic nitrogens is 2. The van der Waals surface area contributed by atoms with Crippen LogP contribution in [-0.4, -0.2) is 39.3 Å². The van der Waals surface area contributed by atoms with Gasteiger partial charge in [-0.15, -0.1) is 0 Å². The van der Waals surface area contributed by atoms with Gasteiger partial charge in [0, 0.05) is 12.4 Å². The third-order valence-corrected chi connectivity index (χ3v) is 5.60. The van der Waals surface area contributed by atoms with E-state index < -0.39 is 26.8 Å². The molecule has 0 saturated carbocycles. The molecule has 0 unspecified atom stereocenters. The van der Waals surface area contributed by atoms with E-state index in [-0.39, 0.29) is 88.7 Å². The number of hydrogen-bond donors (Lipinski definition) is 5. The second-order valence-corrected chi connectivity index (χ2v) is 7.11. The van der Waals surface area contributed by atoms with Crippen molar-refractivity contribution in [3.05, 3.63) is 18.7 Å². The second-order valence-electron chi connectivity index (χ2n) is 3.10. The Bertz CT molecular complexity index is 435. The van der Waals surface area contributed by atoms with Crippen LogP contribution in [0.1, 0.15) is 0 Å². The molecular formula is C5H10N2Na3O7P2+3. The number of imidazole rings is 1. The first kappa shape index (κ1) is 26.4. The van der Waals surface area contributed by atoms with Gasteiger partial charge in [-0.25, -0.2) is 4.98 Å². The van der Waals surface area contributed by atoms with Crippen molar-refractivity contribution in [3.63, 3.8) is 0 Å². The molecule has 0 aromatic carbocycles. The van der Waals surface area contributed by atoms with Gasteiger partial charge in [-0.3, -0.25) is 9.13 Å². The van der Waals surface area contributed by atoms with Crippen LogP contribution < -0.4 is 88.7 Å². The van der Waals surface area contributed by atoms with Crippen molar-refractivity contribution in [1.29, 1.82) is 0 Å². The average Bonchev–Trinajstić information content (AvgIpc) is 2.52. The second kappa shape index (κ2) is 9.57. The Morgan fingerprint density at radius 3 is 1.74 bits per heavy atom. The van der Waals surface area contributed by atoms with Crippen molar-refractivity contribution in [3.8, 4) is 0 Å². The Balaban J connectivity index is -0.000000853. The molecular weight excluding hydrogens is 331 g/mol. The van der Waals surface area contributed by atoms with E-state index in [9.17, 15) is 14.2 Å². The summed E-state index contributed by atoms with van der Waals surface area (Å²) in [4.78, 5) is 38.7. The zero-order valence-electron chi connectivity index (χ0n) is 10.8. The van der Waals surface area contributed by atoms with Gasteiger partial charge in [0.05, 0.1) is 12.9 Å². The minimum Gasteiger partial charge on any atom is -0.366 e. The Hall–Kier alpha value is 2.47. The quantitative estimate of drug-likeness (QED) is 0.267. The van der Waals surface area contributed by atoms with Crippen molar-refractivity contribution in [1.82, 2.24) is 9.55 Å². The van der Waals surface area contributed by atoms with Gasteiger partial charge < -0.3 is 29.2 Å². The minimum atomic E-state index is -5.41. The zero-order chi connectivity index (χ0) is 12.6. The molecule has 1 aromatic rings. The van der Waals surface area contributed by atoms with E-state index in [4.69, 9.17) is 19.6 Å². The van der Waals surface area contributed by atoms with E-state index in [0.717, 1.165) is 10.9 Å². The van der Waals surface area contributed by atoms with Gasteiger partial charge in [-0.2, -0.15) is 0 Å². The van der Waals surface area contributed by atoms with E-state index in [1.165, 1.54) is 12.4 Å². The van der Waals surface area contributed by atoms with Crippen LogP contribution in [0, 0.1) is 0 Å². The molecule has 1 rings (SSSR count). The van der Waals surface area contributed by atoms with Crippen LogP contribution in [0.4, 0.5) is 0 Å². The fourth-order valence-electron chi connectivity index (χ4n) is 0.979. The third kappa shape index (κ3) is 6.62. The molecule has 5 N–H and O–H groups in total. The van der Waals surface area contributed by atoms with Gasteiger partial charge in [0.1, 0.15) is 0 Å². The summed E-state index contributed by atoms with van der Waals surface area (Å²) >= 11 is 0. The van der Waals surface area contributed by atoms with E-state index in [2.05, 4.69) is 4.98 Å². The normalized spacial score (nSPS) is 11.8. The molecule has 9 nitrogen and oxygen atoms in total. The summed E-state index contributed by atoms with van der Waals surface area (Å²) in [5, 5.41) is 6.04. The Morgan fingerprint density at radius 2 is 1.47 bits per heavy atom. The molecule has 0 spiro atoms. The summed E-state index contributed by atoms with van der Waals surface area (Å²) in [5.41, 5.74) is 0. The van der Waals surface area contributed by atoms with Gasteiger partial charge in [0.2, 0.25) is 0 Å². The first-order chi connectivity index (χ1) is 7.08. The number of hydrogen-bond acceptors (Lipinski definition) is 4. The predicted octanol–water partition coefficient (Wildman–Crippen LogP) is -10.1. The van der Waals surface area contributed by atoms with Crippen molar-refractivity contribution >= 4 is 15.2 Å². The molecule has 1 heterocycles. The Kier molecular flexibility index (Phi) is 13.3. The Morgan fingerprint density at radius 1 is 1.05 bits per heavy atom. The first-order valence-corrected chi connectivity index (χ1v) is 7.10. The van der Waals surface area contributed by atoms with Crippen LogP contribution in [-0.2, 0) is 15.7 Å². The zero-order valence-corrected chi connectivity index (χ0v) is 18.6. The van der Waals surface area contributed by atoms with Crippen molar-refractivity contribution in [2.75, 3.05) is 0 Å². The topological polar surface area (TPSA) is 153 Å². The maximum Gasteiger partial charge on any atom is 1.00 e. The molecule has 0 atom stereocenters. The number of aliphatic hydroxyl groups is 1. The molecule has 0 fully saturated rings. The summed E-state index contributed by atoms with van der Waals surface area (Å²) < 4.78 is 22.8. The van der Waals surface area contributed by atoms with E-state index in [1.54, 1.807) is 0 Å². The van der Waals surface area contributed by atoms with Gasteiger partial charge in [-0.05, 0) is 0 Å². The number of rotatable bonds is 4. The van der Waals surface area contributed by atoms with Crippen molar-refractivity contribution in [2.24, 2.45) is 0 Å². The van der Waals surface area contributed by atoms with Crippen LogP contribution in [0.5, 0.6) is 0 Å². The molecule has 0 aliphatic heterocycles. The van der Waals surface area contributed by atoms with Crippen LogP contribution in [0.2, 0.25) is 0 Å². The smallest absolute Gasteiger partial charge is 0.366 e. The standard InChI is InChI=1S/C5H10N2O7P2.3Na/c8-5(15(9,10)11,16(12,13)14)3-7-2-1-6-4-7;;;/h1-2,4,8H,3H2,(H2,9,10,11)(H2,12,13,14);;;/q;3*+1. The summed E-state index contributed by atoms with van der Waals surface area (Å²) in [6.07, 6.45) is 3.51. The summed E-state index contributed by atoms with van der Waals surface area (Å²) in [6.45, 7) is -0.957. The minimum absolute atomic E-state index is 0. The van der Waals surface area contributed by atoms with Gasteiger partial charge in [0.15, 0.2) is 0 Å². The molecule has 0 aliphatic carbocycles. The Labute approximate surface area is 175 Å². The molecule has 1 aromatic heterocycles. The average molecular weight is 341 g/mol. The van der Waals surface area contributed by atoms with Gasteiger partial charge in [-0.1, -0.05) is 0 Å². The maximum atomic E-state index is 10.9. The van der Waals surface area contributed by atoms with Crippen molar-refractivity contribution < 1.29 is 122 Å². The third-order valence-electron chi connectivity index (χ3n) is 1.89. The monoisotopic (exact) mass is 341 g/mol. The summed E-state index contributed by atoms with van der Waals surface area (Å²) in [5.74, 6) is 0. The largest absolute Gasteiger partial charge is 1.00 e. The molecule has 0 radical (unpaired) electrons. The van der Waals surface area contributed by atoms with Crippen LogP contribution >= 0.6 is 15.2 Å². The molecule has 19 heavy (non-hydrogen) atoms. The molecule has 0 amide bonds. The van der Waals surface area contributed by atoms with Gasteiger partial charge >= 0.3 is 104 Å². The van der Waals surface area contributed by atoms with Crippen LogP contribution in [0.25, 0.3) is 0 Å². The fourth-order valence-corrected chi connectivity index (χ4v) is 3.03. The van der Waals surface area contributed by atoms with Crippen molar-refractivity contribution in [2.45, 2.75) is 11.6 Å². The molecule has 14 heteroatoms. The molecule has 0 saturated heterocycles. The van der Waals surface area contributed by atoms with E-state index in [0.29, 0.717) is 0 Å². The molecule has 0 aliphatic rings. The molecule has 92 valence electrons. The van der Waals surface area contributed by atoms with Gasteiger partial charge in [0.25, 0.3) is 5.08 Å². The maximum absolute atomic E-state index is 10.9.